The van der Waals surface area contributed by atoms with Crippen molar-refractivity contribution in [3.05, 3.63) is 87.7 Å². The van der Waals surface area contributed by atoms with Gasteiger partial charge >= 0.3 is 0 Å². The Morgan fingerprint density at radius 2 is 1.74 bits per heavy atom. The number of Topliss-reactive ketones (excluding diaryl/α,β-unsaturated/α-hetero) is 1. The highest BCUT2D eigenvalue weighted by Gasteiger charge is 2.40. The second-order valence-corrected chi connectivity index (χ2v) is 14.8. The minimum atomic E-state index is -0.734. The number of nitrogens with zero attached hydrogens (tertiary/aromatic N) is 5. The second kappa shape index (κ2) is 17.6. The molecule has 0 radical (unpaired) electrons. The van der Waals surface area contributed by atoms with E-state index in [1.54, 1.807) is 55.5 Å². The summed E-state index contributed by atoms with van der Waals surface area (Å²) in [5, 5.41) is 21.1. The molecular weight excluding hydrogens is 768 g/mol. The number of methoxy groups -OCH3 is 2. The van der Waals surface area contributed by atoms with Crippen molar-refractivity contribution in [3.8, 4) is 17.2 Å². The number of aromatic nitrogens is 2. The summed E-state index contributed by atoms with van der Waals surface area (Å²) in [6.07, 6.45) is 3.83. The summed E-state index contributed by atoms with van der Waals surface area (Å²) < 4.78 is 17.5. The number of nitrogens with one attached hydrogen (secondary N) is 3. The van der Waals surface area contributed by atoms with Crippen LogP contribution in [0.25, 0.3) is 0 Å². The maximum Gasteiger partial charge on any atom is 0.257 e. The Balaban J connectivity index is 0.916. The van der Waals surface area contributed by atoms with Gasteiger partial charge in [0.1, 0.15) is 18.3 Å². The van der Waals surface area contributed by atoms with E-state index in [9.17, 15) is 24.0 Å². The molecule has 4 heterocycles. The molecule has 3 aliphatic heterocycles. The molecule has 4 aromatic rings. The number of imide groups is 1. The summed E-state index contributed by atoms with van der Waals surface area (Å²) in [5.74, 6) is -0.243. The number of benzene rings is 3. The van der Waals surface area contributed by atoms with Crippen LogP contribution >= 0.6 is 11.6 Å². The quantitative estimate of drug-likeness (QED) is 0.0751. The third kappa shape index (κ3) is 8.57. The van der Waals surface area contributed by atoms with Crippen LogP contribution in [-0.4, -0.2) is 95.9 Å². The molecule has 4 amide bonds. The number of aryl methyl sites for hydroxylation is 1. The van der Waals surface area contributed by atoms with E-state index in [1.807, 2.05) is 0 Å². The Bertz CT molecular complexity index is 2240. The fraction of sp³-hybridized carbons (Fsp3) is 0.366. The molecule has 302 valence electrons. The van der Waals surface area contributed by atoms with Crippen molar-refractivity contribution < 1.29 is 38.2 Å². The van der Waals surface area contributed by atoms with Crippen LogP contribution in [0.4, 0.5) is 17.1 Å². The Labute approximate surface area is 339 Å². The highest BCUT2D eigenvalue weighted by atomic mass is 35.5. The first kappa shape index (κ1) is 40.1. The number of H-pyrrole nitrogens is 1. The number of aromatic amines is 1. The Morgan fingerprint density at radius 3 is 2.45 bits per heavy atom. The number of halogens is 1. The number of ether oxygens (including phenoxy) is 3. The zero-order valence-corrected chi connectivity index (χ0v) is 33.1. The van der Waals surface area contributed by atoms with Gasteiger partial charge in [-0.1, -0.05) is 29.8 Å². The average Bonchev–Trinajstić information content (AvgIpc) is 3.81. The van der Waals surface area contributed by atoms with Crippen molar-refractivity contribution in [2.75, 3.05) is 45.8 Å². The molecule has 2 saturated heterocycles. The first-order chi connectivity index (χ1) is 28.0. The van der Waals surface area contributed by atoms with Crippen LogP contribution in [0.15, 0.2) is 65.0 Å². The molecule has 0 spiro atoms. The van der Waals surface area contributed by atoms with Gasteiger partial charge in [0.05, 0.1) is 48.1 Å². The predicted molar refractivity (Wildman–Crippen MR) is 213 cm³/mol. The van der Waals surface area contributed by atoms with Gasteiger partial charge in [-0.25, -0.2) is 0 Å². The number of ketones is 1. The smallest absolute Gasteiger partial charge is 0.257 e. The monoisotopic (exact) mass is 810 g/mol. The number of carbonyl (C=O) groups excluding carboxylic acids is 5. The number of likely N-dealkylation sites (tertiary alicyclic amines) is 1. The van der Waals surface area contributed by atoms with Crippen molar-refractivity contribution in [2.45, 2.75) is 51.6 Å². The Hall–Kier alpha value is -6.13. The van der Waals surface area contributed by atoms with Crippen LogP contribution in [0.3, 0.4) is 0 Å². The Kier molecular flexibility index (Phi) is 12.1. The van der Waals surface area contributed by atoms with Gasteiger partial charge in [0, 0.05) is 49.2 Å². The SMILES string of the molecule is COc1cc(N=Nc2cccc3c2CN(C2CCC(=O)NC2=O)C3=O)cc(OC)c1OCCN1CCC(CC(=O)c2[nH]ncc2NC(=O)c2c(C)cccc2Cl)CC1. The first-order valence-corrected chi connectivity index (χ1v) is 19.3. The van der Waals surface area contributed by atoms with E-state index in [0.717, 1.165) is 31.5 Å². The largest absolute Gasteiger partial charge is 0.493 e. The van der Waals surface area contributed by atoms with Crippen molar-refractivity contribution in [1.29, 1.82) is 0 Å². The van der Waals surface area contributed by atoms with Crippen LogP contribution in [0.5, 0.6) is 17.2 Å². The van der Waals surface area contributed by atoms with Gasteiger partial charge in [0.25, 0.3) is 11.8 Å². The highest BCUT2D eigenvalue weighted by Crippen LogP contribution is 2.42. The Morgan fingerprint density at radius 1 is 1.00 bits per heavy atom. The number of hydrogen-bond donors (Lipinski definition) is 3. The lowest BCUT2D eigenvalue weighted by atomic mass is 9.91. The van der Waals surface area contributed by atoms with Crippen molar-refractivity contribution in [3.63, 3.8) is 0 Å². The molecule has 1 aromatic heterocycles. The molecular formula is C41H43ClN8O8. The minimum Gasteiger partial charge on any atom is -0.493 e. The maximum absolute atomic E-state index is 13.3. The minimum absolute atomic E-state index is 0.119. The lowest BCUT2D eigenvalue weighted by Crippen LogP contribution is -2.52. The second-order valence-electron chi connectivity index (χ2n) is 14.4. The molecule has 58 heavy (non-hydrogen) atoms. The third-order valence-corrected chi connectivity index (χ3v) is 11.0. The van der Waals surface area contributed by atoms with E-state index in [-0.39, 0.29) is 48.6 Å². The van der Waals surface area contributed by atoms with Crippen LogP contribution in [0, 0.1) is 12.8 Å². The third-order valence-electron chi connectivity index (χ3n) is 10.7. The van der Waals surface area contributed by atoms with Gasteiger partial charge in [-0.05, 0) is 69.0 Å². The van der Waals surface area contributed by atoms with Gasteiger partial charge in [0.2, 0.25) is 17.6 Å². The molecule has 3 aromatic carbocycles. The molecule has 1 unspecified atom stereocenters. The first-order valence-electron chi connectivity index (χ1n) is 19.0. The van der Waals surface area contributed by atoms with Gasteiger partial charge in [0.15, 0.2) is 17.3 Å². The topological polar surface area (TPSA) is 197 Å². The summed E-state index contributed by atoms with van der Waals surface area (Å²) in [7, 11) is 3.04. The summed E-state index contributed by atoms with van der Waals surface area (Å²) in [4.78, 5) is 67.4. The molecule has 16 nitrogen and oxygen atoms in total. The van der Waals surface area contributed by atoms with Crippen LogP contribution < -0.4 is 24.8 Å². The van der Waals surface area contributed by atoms with E-state index < -0.39 is 17.9 Å². The van der Waals surface area contributed by atoms with E-state index in [2.05, 4.69) is 36.0 Å². The van der Waals surface area contributed by atoms with Crippen LogP contribution in [0.1, 0.15) is 74.4 Å². The fourth-order valence-electron chi connectivity index (χ4n) is 7.59. The van der Waals surface area contributed by atoms with Crippen LogP contribution in [-0.2, 0) is 16.1 Å². The molecule has 0 aliphatic carbocycles. The van der Waals surface area contributed by atoms with Crippen molar-refractivity contribution in [2.24, 2.45) is 16.1 Å². The number of carbonyl (C=O) groups is 5. The van der Waals surface area contributed by atoms with E-state index >= 15 is 0 Å². The van der Waals surface area contributed by atoms with E-state index in [4.69, 9.17) is 25.8 Å². The normalized spacial score (nSPS) is 17.3. The molecule has 7 rings (SSSR count). The molecule has 0 saturated carbocycles. The van der Waals surface area contributed by atoms with Gasteiger partial charge in [-0.15, -0.1) is 0 Å². The number of azo groups is 1. The summed E-state index contributed by atoms with van der Waals surface area (Å²) in [6, 6.07) is 13.0. The maximum atomic E-state index is 13.3. The van der Waals surface area contributed by atoms with E-state index in [0.29, 0.717) is 75.6 Å². The lowest BCUT2D eigenvalue weighted by molar-refractivity contribution is -0.136. The number of anilines is 1. The summed E-state index contributed by atoms with van der Waals surface area (Å²) in [6.45, 7) is 4.53. The molecule has 17 heteroatoms. The van der Waals surface area contributed by atoms with Crippen LogP contribution in [0.2, 0.25) is 5.02 Å². The van der Waals surface area contributed by atoms with Gasteiger partial charge in [-0.3, -0.25) is 39.3 Å². The predicted octanol–water partition coefficient (Wildman–Crippen LogP) is 6.18. The lowest BCUT2D eigenvalue weighted by Gasteiger charge is -2.31. The standard InChI is InChI=1S/C41H43ClN8O8/c1-23-6-4-8-28(42)36(23)40(54)44-30-21-43-48-37(30)32(51)18-24-12-14-49(15-13-24)16-17-58-38-33(56-2)19-25(20-34(38)57-3)46-47-29-9-5-7-26-27(29)22-50(41(26)55)31-10-11-35(52)45-39(31)53/h4-9,19-21,24,31H,10-18,22H2,1-3H3,(H,43,48)(H,44,54)(H,45,52,53). The molecule has 3 N–H and O–H groups in total. The summed E-state index contributed by atoms with van der Waals surface area (Å²) in [5.41, 5.74) is 3.66. The van der Waals surface area contributed by atoms with E-state index in [1.165, 1.54) is 25.3 Å². The zero-order chi connectivity index (χ0) is 40.9. The summed E-state index contributed by atoms with van der Waals surface area (Å²) >= 11 is 6.27. The molecule has 2 fully saturated rings. The number of hydrogen-bond acceptors (Lipinski definition) is 12. The highest BCUT2D eigenvalue weighted by molar-refractivity contribution is 6.34. The number of fused-ring (bicyclic) bond motifs is 1. The fourth-order valence-corrected chi connectivity index (χ4v) is 7.90. The molecule has 3 aliphatic rings. The number of amides is 4. The van der Waals surface area contributed by atoms with Gasteiger partial charge < -0.3 is 24.4 Å². The average molecular weight is 811 g/mol. The molecule has 1 atom stereocenters. The number of rotatable bonds is 14. The zero-order valence-electron chi connectivity index (χ0n) is 32.3. The van der Waals surface area contributed by atoms with Crippen molar-refractivity contribution in [1.82, 2.24) is 25.3 Å². The number of piperidine rings is 2. The van der Waals surface area contributed by atoms with Crippen molar-refractivity contribution >= 4 is 58.1 Å². The van der Waals surface area contributed by atoms with Gasteiger partial charge in [-0.2, -0.15) is 15.3 Å². The molecule has 0 bridgehead atoms.